The predicted octanol–water partition coefficient (Wildman–Crippen LogP) is -5.40. The molecule has 0 aromatic carbocycles. The van der Waals surface area contributed by atoms with Crippen LogP contribution >= 0.6 is 0 Å². The van der Waals surface area contributed by atoms with Gasteiger partial charge in [-0.05, 0) is 0 Å². The van der Waals surface area contributed by atoms with E-state index < -0.39 is 74.6 Å². The average molecular weight is 342 g/mol. The van der Waals surface area contributed by atoms with E-state index in [2.05, 4.69) is 0 Å². The topological polar surface area (TPSA) is 190 Å². The standard InChI is InChI=1S/C12H22O11/c13-1-3-5(15)6(16)9(19)12(22-3)23-10-4(2-14)21-11(20)8(18)7(10)17/h3-20H,1-2H2/t3-,4+,5+,6-,7+,8+,9+,10+,11-,12+/m0/s1. The highest BCUT2D eigenvalue weighted by molar-refractivity contribution is 4.93. The maximum absolute atomic E-state index is 9.94. The summed E-state index contributed by atoms with van der Waals surface area (Å²) in [4.78, 5) is 0. The van der Waals surface area contributed by atoms with Crippen LogP contribution < -0.4 is 0 Å². The molecule has 2 heterocycles. The smallest absolute Gasteiger partial charge is 0.187 e. The van der Waals surface area contributed by atoms with Gasteiger partial charge < -0.3 is 55.1 Å². The van der Waals surface area contributed by atoms with Crippen molar-refractivity contribution in [3.05, 3.63) is 0 Å². The summed E-state index contributed by atoms with van der Waals surface area (Å²) in [6.07, 6.45) is -15.6. The minimum absolute atomic E-state index is 0.667. The van der Waals surface area contributed by atoms with Gasteiger partial charge in [0.05, 0.1) is 13.2 Å². The molecule has 0 radical (unpaired) electrons. The van der Waals surface area contributed by atoms with E-state index in [1.54, 1.807) is 0 Å². The molecule has 136 valence electrons. The summed E-state index contributed by atoms with van der Waals surface area (Å²) in [5.41, 5.74) is 0. The Hall–Kier alpha value is -0.440. The summed E-state index contributed by atoms with van der Waals surface area (Å²) in [6, 6.07) is 0. The van der Waals surface area contributed by atoms with E-state index in [9.17, 15) is 35.7 Å². The molecule has 0 spiro atoms. The van der Waals surface area contributed by atoms with Crippen molar-refractivity contribution in [3.8, 4) is 0 Å². The summed E-state index contributed by atoms with van der Waals surface area (Å²) in [6.45, 7) is -1.35. The van der Waals surface area contributed by atoms with Gasteiger partial charge >= 0.3 is 0 Å². The summed E-state index contributed by atoms with van der Waals surface area (Å²) in [5.74, 6) is 0. The molecule has 8 N–H and O–H groups in total. The molecule has 0 saturated carbocycles. The molecule has 2 fully saturated rings. The molecule has 2 saturated heterocycles. The second-order valence-corrected chi connectivity index (χ2v) is 5.53. The normalized spacial score (nSPS) is 51.7. The third-order valence-corrected chi connectivity index (χ3v) is 3.98. The number of ether oxygens (including phenoxy) is 3. The van der Waals surface area contributed by atoms with Crippen molar-refractivity contribution in [2.75, 3.05) is 13.2 Å². The van der Waals surface area contributed by atoms with E-state index in [-0.39, 0.29) is 0 Å². The number of hydrogen-bond acceptors (Lipinski definition) is 11. The summed E-state index contributed by atoms with van der Waals surface area (Å²) in [7, 11) is 0. The highest BCUT2D eigenvalue weighted by atomic mass is 16.7. The van der Waals surface area contributed by atoms with E-state index in [4.69, 9.17) is 19.3 Å². The van der Waals surface area contributed by atoms with Crippen LogP contribution in [0.2, 0.25) is 0 Å². The quantitative estimate of drug-likeness (QED) is 0.243. The van der Waals surface area contributed by atoms with Gasteiger partial charge in [-0.1, -0.05) is 0 Å². The van der Waals surface area contributed by atoms with Crippen molar-refractivity contribution in [2.45, 2.75) is 61.4 Å². The van der Waals surface area contributed by atoms with Gasteiger partial charge in [0.2, 0.25) is 0 Å². The fourth-order valence-corrected chi connectivity index (χ4v) is 2.57. The second kappa shape index (κ2) is 7.63. The van der Waals surface area contributed by atoms with E-state index >= 15 is 0 Å². The van der Waals surface area contributed by atoms with Crippen LogP contribution in [0.5, 0.6) is 0 Å². The monoisotopic (exact) mass is 342 g/mol. The van der Waals surface area contributed by atoms with Gasteiger partial charge in [-0.3, -0.25) is 0 Å². The SMILES string of the molecule is OC[C@@H]1O[C@H](O[C@H]2[C@H](O)[C@@H](O)[C@@H](O)O[C@@H]2CO)[C@H](O)[C@@H](O)[C@@H]1O. The molecule has 10 atom stereocenters. The fraction of sp³-hybridized carbons (Fsp3) is 1.00. The predicted molar refractivity (Wildman–Crippen MR) is 68.6 cm³/mol. The first-order chi connectivity index (χ1) is 10.8. The Kier molecular flexibility index (Phi) is 6.27. The minimum atomic E-state index is -1.74. The molecule has 2 rings (SSSR count). The number of rotatable bonds is 4. The van der Waals surface area contributed by atoms with E-state index in [0.29, 0.717) is 0 Å². The maximum Gasteiger partial charge on any atom is 0.187 e. The zero-order valence-corrected chi connectivity index (χ0v) is 12.0. The first kappa shape index (κ1) is 18.9. The van der Waals surface area contributed by atoms with Gasteiger partial charge in [-0.15, -0.1) is 0 Å². The molecule has 0 aromatic rings. The zero-order valence-electron chi connectivity index (χ0n) is 12.0. The van der Waals surface area contributed by atoms with E-state index in [0.717, 1.165) is 0 Å². The van der Waals surface area contributed by atoms with Crippen molar-refractivity contribution < 1.29 is 55.1 Å². The first-order valence-corrected chi connectivity index (χ1v) is 7.08. The summed E-state index contributed by atoms with van der Waals surface area (Å²) < 4.78 is 15.3. The van der Waals surface area contributed by atoms with E-state index in [1.807, 2.05) is 0 Å². The summed E-state index contributed by atoms with van der Waals surface area (Å²) >= 11 is 0. The number of aliphatic hydroxyl groups is 8. The van der Waals surface area contributed by atoms with Gasteiger partial charge in [0.1, 0.15) is 48.8 Å². The van der Waals surface area contributed by atoms with Gasteiger partial charge in [-0.25, -0.2) is 0 Å². The molecule has 23 heavy (non-hydrogen) atoms. The molecular formula is C12H22O11. The molecule has 0 aliphatic carbocycles. The first-order valence-electron chi connectivity index (χ1n) is 7.08. The Labute approximate surface area is 130 Å². The lowest BCUT2D eigenvalue weighted by Gasteiger charge is -2.45. The molecule has 0 unspecified atom stereocenters. The van der Waals surface area contributed by atoms with Crippen LogP contribution in [0.4, 0.5) is 0 Å². The molecule has 2 aliphatic rings. The molecule has 11 heteroatoms. The highest BCUT2D eigenvalue weighted by Crippen LogP contribution is 2.28. The van der Waals surface area contributed by atoms with Crippen LogP contribution in [0.3, 0.4) is 0 Å². The van der Waals surface area contributed by atoms with Gasteiger partial charge in [0.15, 0.2) is 12.6 Å². The highest BCUT2D eigenvalue weighted by Gasteiger charge is 2.50. The lowest BCUT2D eigenvalue weighted by molar-refractivity contribution is -0.355. The van der Waals surface area contributed by atoms with Crippen molar-refractivity contribution in [1.29, 1.82) is 0 Å². The fourth-order valence-electron chi connectivity index (χ4n) is 2.57. The Morgan fingerprint density at radius 3 is 1.83 bits per heavy atom. The van der Waals surface area contributed by atoms with Crippen molar-refractivity contribution >= 4 is 0 Å². The van der Waals surface area contributed by atoms with Crippen LogP contribution in [-0.2, 0) is 14.2 Å². The van der Waals surface area contributed by atoms with Gasteiger partial charge in [0.25, 0.3) is 0 Å². The minimum Gasteiger partial charge on any atom is -0.394 e. The van der Waals surface area contributed by atoms with Crippen LogP contribution in [0.15, 0.2) is 0 Å². The van der Waals surface area contributed by atoms with Crippen LogP contribution in [0.1, 0.15) is 0 Å². The van der Waals surface area contributed by atoms with Crippen molar-refractivity contribution in [3.63, 3.8) is 0 Å². The Balaban J connectivity index is 2.11. The third-order valence-electron chi connectivity index (χ3n) is 3.98. The Morgan fingerprint density at radius 1 is 0.652 bits per heavy atom. The lowest BCUT2D eigenvalue weighted by Crippen LogP contribution is -2.64. The summed E-state index contributed by atoms with van der Waals surface area (Å²) in [5, 5.41) is 76.5. The second-order valence-electron chi connectivity index (χ2n) is 5.53. The van der Waals surface area contributed by atoms with Gasteiger partial charge in [0, 0.05) is 0 Å². The third kappa shape index (κ3) is 3.65. The maximum atomic E-state index is 9.94. The molecule has 2 aliphatic heterocycles. The van der Waals surface area contributed by atoms with Crippen LogP contribution in [-0.4, -0.2) is 115 Å². The molecule has 0 aromatic heterocycles. The Bertz CT molecular complexity index is 378. The number of hydrogen-bond donors (Lipinski definition) is 8. The average Bonchev–Trinajstić information content (AvgIpc) is 2.55. The Morgan fingerprint density at radius 2 is 1.26 bits per heavy atom. The number of aliphatic hydroxyl groups excluding tert-OH is 8. The lowest BCUT2D eigenvalue weighted by atomic mass is 9.97. The largest absolute Gasteiger partial charge is 0.394 e. The van der Waals surface area contributed by atoms with Crippen molar-refractivity contribution in [2.24, 2.45) is 0 Å². The molecule has 11 nitrogen and oxygen atoms in total. The molecular weight excluding hydrogens is 320 g/mol. The van der Waals surface area contributed by atoms with E-state index in [1.165, 1.54) is 0 Å². The van der Waals surface area contributed by atoms with Crippen molar-refractivity contribution in [1.82, 2.24) is 0 Å². The molecule has 0 amide bonds. The van der Waals surface area contributed by atoms with Gasteiger partial charge in [-0.2, -0.15) is 0 Å². The van der Waals surface area contributed by atoms with Crippen LogP contribution in [0.25, 0.3) is 0 Å². The van der Waals surface area contributed by atoms with Crippen LogP contribution in [0, 0.1) is 0 Å². The molecule has 0 bridgehead atoms. The zero-order chi connectivity index (χ0) is 17.3.